The van der Waals surface area contributed by atoms with Crippen LogP contribution in [0.3, 0.4) is 0 Å². The Balaban J connectivity index is 1.87. The van der Waals surface area contributed by atoms with E-state index in [1.807, 2.05) is 30.4 Å². The van der Waals surface area contributed by atoms with Gasteiger partial charge in [-0.25, -0.2) is 0 Å². The van der Waals surface area contributed by atoms with Crippen molar-refractivity contribution in [1.82, 2.24) is 0 Å². The second kappa shape index (κ2) is 5.31. The number of ether oxygens (including phenoxy) is 2. The van der Waals surface area contributed by atoms with Crippen molar-refractivity contribution in [2.24, 2.45) is 17.3 Å². The first-order valence-corrected chi connectivity index (χ1v) is 7.62. The van der Waals surface area contributed by atoms with Crippen LogP contribution in [0.25, 0.3) is 6.08 Å². The molecule has 0 aromatic heterocycles. The van der Waals surface area contributed by atoms with E-state index in [4.69, 9.17) is 9.47 Å². The van der Waals surface area contributed by atoms with Gasteiger partial charge >= 0.3 is 0 Å². The molecule has 0 heterocycles. The van der Waals surface area contributed by atoms with E-state index in [1.54, 1.807) is 14.2 Å². The highest BCUT2D eigenvalue weighted by atomic mass is 16.5. The molecule has 0 spiro atoms. The summed E-state index contributed by atoms with van der Waals surface area (Å²) in [6, 6.07) is 5.76. The van der Waals surface area contributed by atoms with E-state index in [0.29, 0.717) is 5.92 Å². The van der Waals surface area contributed by atoms with Crippen LogP contribution < -0.4 is 9.47 Å². The lowest BCUT2D eigenvalue weighted by atomic mass is 9.48. The van der Waals surface area contributed by atoms with E-state index in [2.05, 4.69) is 19.9 Å². The number of fused-ring (bicyclic) bond motifs is 1. The summed E-state index contributed by atoms with van der Waals surface area (Å²) in [6.45, 7) is 4.39. The number of carbonyl (C=O) groups excluding carboxylic acids is 1. The number of benzene rings is 1. The minimum absolute atomic E-state index is 0.0948. The number of carbonyl (C=O) groups is 1. The van der Waals surface area contributed by atoms with Gasteiger partial charge in [-0.1, -0.05) is 26.0 Å². The molecule has 22 heavy (non-hydrogen) atoms. The van der Waals surface area contributed by atoms with Gasteiger partial charge in [0.2, 0.25) is 0 Å². The summed E-state index contributed by atoms with van der Waals surface area (Å²) in [5.41, 5.74) is 2.24. The highest BCUT2D eigenvalue weighted by molar-refractivity contribution is 5.96. The second-order valence-corrected chi connectivity index (χ2v) is 6.69. The Morgan fingerprint density at radius 2 is 1.68 bits per heavy atom. The van der Waals surface area contributed by atoms with Crippen LogP contribution in [0.5, 0.6) is 11.5 Å². The third-order valence-electron chi connectivity index (χ3n) is 5.16. The standard InChI is InChI=1S/C19H22O3/c1-19(2)16-11-17(19)18(20)9-13(16)6-5-12-7-14(21-3)10-15(8-12)22-4/h5-10,16-17H,11H2,1-4H3/b6-5+/t16-,17-/m1/s1. The van der Waals surface area contributed by atoms with Gasteiger partial charge in [0, 0.05) is 12.0 Å². The Hall–Kier alpha value is -2.03. The lowest BCUT2D eigenvalue weighted by Gasteiger charge is -2.54. The Labute approximate surface area is 131 Å². The smallest absolute Gasteiger partial charge is 0.159 e. The molecule has 0 amide bonds. The van der Waals surface area contributed by atoms with Crippen molar-refractivity contribution in [3.05, 3.63) is 41.5 Å². The topological polar surface area (TPSA) is 35.5 Å². The van der Waals surface area contributed by atoms with Crippen LogP contribution in [0.4, 0.5) is 0 Å². The zero-order valence-corrected chi connectivity index (χ0v) is 13.6. The fraction of sp³-hybridized carbons (Fsp3) is 0.421. The van der Waals surface area contributed by atoms with Crippen molar-refractivity contribution in [2.45, 2.75) is 20.3 Å². The van der Waals surface area contributed by atoms with Gasteiger partial charge in [-0.3, -0.25) is 4.79 Å². The normalized spacial score (nSPS) is 25.6. The molecular formula is C19H22O3. The van der Waals surface area contributed by atoms with E-state index in [9.17, 15) is 4.79 Å². The van der Waals surface area contributed by atoms with Crippen LogP contribution in [-0.2, 0) is 4.79 Å². The van der Waals surface area contributed by atoms with Crippen molar-refractivity contribution in [2.75, 3.05) is 14.2 Å². The summed E-state index contributed by atoms with van der Waals surface area (Å²) >= 11 is 0. The van der Waals surface area contributed by atoms with Crippen molar-refractivity contribution < 1.29 is 14.3 Å². The van der Waals surface area contributed by atoms with Gasteiger partial charge in [0.05, 0.1) is 14.2 Å². The molecule has 0 N–H and O–H groups in total. The maximum absolute atomic E-state index is 12.1. The van der Waals surface area contributed by atoms with Gasteiger partial charge in [0.15, 0.2) is 5.78 Å². The average Bonchev–Trinajstić information content (AvgIpc) is 2.51. The Morgan fingerprint density at radius 3 is 2.18 bits per heavy atom. The summed E-state index contributed by atoms with van der Waals surface area (Å²) in [6.07, 6.45) is 6.90. The lowest BCUT2D eigenvalue weighted by Crippen LogP contribution is -2.52. The van der Waals surface area contributed by atoms with Crippen molar-refractivity contribution in [1.29, 1.82) is 0 Å². The largest absolute Gasteiger partial charge is 0.497 e. The molecular weight excluding hydrogens is 276 g/mol. The molecule has 4 rings (SSSR count). The quantitative estimate of drug-likeness (QED) is 0.846. The molecule has 2 atom stereocenters. The second-order valence-electron chi connectivity index (χ2n) is 6.69. The predicted molar refractivity (Wildman–Crippen MR) is 87.0 cm³/mol. The number of rotatable bonds is 4. The van der Waals surface area contributed by atoms with Gasteiger partial charge < -0.3 is 9.47 Å². The van der Waals surface area contributed by atoms with Crippen LogP contribution in [-0.4, -0.2) is 20.0 Å². The minimum atomic E-state index is 0.0948. The zero-order chi connectivity index (χ0) is 15.9. The first-order valence-electron chi connectivity index (χ1n) is 7.62. The molecule has 0 unspecified atom stereocenters. The van der Waals surface area contributed by atoms with Crippen LogP contribution in [0, 0.1) is 17.3 Å². The molecule has 1 aromatic rings. The molecule has 0 aliphatic heterocycles. The Bertz CT molecular complexity index is 645. The first-order chi connectivity index (χ1) is 10.5. The number of hydrogen-bond donors (Lipinski definition) is 0. The minimum Gasteiger partial charge on any atom is -0.497 e. The van der Waals surface area contributed by atoms with Gasteiger partial charge in [0.1, 0.15) is 11.5 Å². The molecule has 1 fully saturated rings. The molecule has 3 nitrogen and oxygen atoms in total. The van der Waals surface area contributed by atoms with E-state index >= 15 is 0 Å². The van der Waals surface area contributed by atoms with Gasteiger partial charge in [-0.05, 0) is 47.1 Å². The third-order valence-corrected chi connectivity index (χ3v) is 5.16. The summed E-state index contributed by atoms with van der Waals surface area (Å²) in [4.78, 5) is 12.1. The molecule has 0 radical (unpaired) electrons. The average molecular weight is 298 g/mol. The Morgan fingerprint density at radius 1 is 1.05 bits per heavy atom. The molecule has 3 heteroatoms. The lowest BCUT2D eigenvalue weighted by molar-refractivity contribution is -0.133. The predicted octanol–water partition coefficient (Wildman–Crippen LogP) is 3.89. The van der Waals surface area contributed by atoms with Gasteiger partial charge in [0.25, 0.3) is 0 Å². The number of methoxy groups -OCH3 is 2. The number of allylic oxidation sites excluding steroid dienone is 3. The third kappa shape index (κ3) is 2.35. The maximum Gasteiger partial charge on any atom is 0.159 e. The van der Waals surface area contributed by atoms with Crippen molar-refractivity contribution in [3.63, 3.8) is 0 Å². The molecule has 1 saturated carbocycles. The fourth-order valence-corrected chi connectivity index (χ4v) is 3.62. The van der Waals surface area contributed by atoms with Crippen molar-refractivity contribution in [3.8, 4) is 11.5 Å². The van der Waals surface area contributed by atoms with Crippen LogP contribution in [0.1, 0.15) is 25.8 Å². The van der Waals surface area contributed by atoms with E-state index in [1.165, 1.54) is 0 Å². The SMILES string of the molecule is COc1cc(/C=C/C2=CC(=O)[C@H]3C[C@H]2C3(C)C)cc(OC)c1. The van der Waals surface area contributed by atoms with E-state index in [0.717, 1.165) is 29.1 Å². The van der Waals surface area contributed by atoms with Crippen LogP contribution >= 0.6 is 0 Å². The molecule has 1 aromatic carbocycles. The number of hydrogen-bond acceptors (Lipinski definition) is 3. The van der Waals surface area contributed by atoms with Crippen LogP contribution in [0.2, 0.25) is 0 Å². The summed E-state index contributed by atoms with van der Waals surface area (Å²) in [7, 11) is 3.28. The number of ketones is 1. The molecule has 0 saturated heterocycles. The van der Waals surface area contributed by atoms with E-state index < -0.39 is 0 Å². The van der Waals surface area contributed by atoms with Gasteiger partial charge in [-0.2, -0.15) is 0 Å². The summed E-state index contributed by atoms with van der Waals surface area (Å²) in [5.74, 6) is 2.49. The molecule has 116 valence electrons. The fourth-order valence-electron chi connectivity index (χ4n) is 3.62. The van der Waals surface area contributed by atoms with Crippen LogP contribution in [0.15, 0.2) is 35.9 Å². The highest BCUT2D eigenvalue weighted by Crippen LogP contribution is 2.58. The summed E-state index contributed by atoms with van der Waals surface area (Å²) < 4.78 is 10.6. The highest BCUT2D eigenvalue weighted by Gasteiger charge is 2.54. The van der Waals surface area contributed by atoms with E-state index in [-0.39, 0.29) is 17.1 Å². The monoisotopic (exact) mass is 298 g/mol. The molecule has 2 bridgehead atoms. The van der Waals surface area contributed by atoms with Gasteiger partial charge in [-0.15, -0.1) is 0 Å². The Kier molecular flexibility index (Phi) is 3.59. The first kappa shape index (κ1) is 14.9. The molecule has 3 aliphatic carbocycles. The van der Waals surface area contributed by atoms with Crippen molar-refractivity contribution >= 4 is 11.9 Å². The zero-order valence-electron chi connectivity index (χ0n) is 13.6. The molecule has 3 aliphatic rings. The summed E-state index contributed by atoms with van der Waals surface area (Å²) in [5, 5.41) is 0. The maximum atomic E-state index is 12.1.